The fourth-order valence-electron chi connectivity index (χ4n) is 4.29. The minimum atomic E-state index is 0.615. The van der Waals surface area contributed by atoms with E-state index in [0.717, 1.165) is 13.1 Å². The van der Waals surface area contributed by atoms with Gasteiger partial charge in [-0.1, -0.05) is 149 Å². The van der Waals surface area contributed by atoms with E-state index in [-0.39, 0.29) is 0 Å². The first kappa shape index (κ1) is 29.9. The van der Waals surface area contributed by atoms with Crippen molar-refractivity contribution in [1.82, 2.24) is 5.32 Å². The number of nitrogens with one attached hydrogen (secondary N) is 1. The molecule has 1 atom stereocenters. The van der Waals surface area contributed by atoms with Crippen molar-refractivity contribution in [2.24, 2.45) is 11.7 Å². The van der Waals surface area contributed by atoms with Crippen molar-refractivity contribution < 1.29 is 0 Å². The minimum Gasteiger partial charge on any atom is -0.330 e. The third-order valence-corrected chi connectivity index (χ3v) is 6.60. The maximum atomic E-state index is 5.63. The Kier molecular flexibility index (Phi) is 26.9. The van der Waals surface area contributed by atoms with Crippen LogP contribution in [0.1, 0.15) is 155 Å². The van der Waals surface area contributed by atoms with Crippen LogP contribution >= 0.6 is 0 Å². The fourth-order valence-corrected chi connectivity index (χ4v) is 4.29. The highest BCUT2D eigenvalue weighted by Gasteiger charge is 1.98. The van der Waals surface area contributed by atoms with Gasteiger partial charge in [0.2, 0.25) is 0 Å². The fraction of sp³-hybridized carbons (Fsp3) is 1.00. The third kappa shape index (κ3) is 26.0. The Bertz CT molecular complexity index is 292. The Morgan fingerprint density at radius 3 is 1.10 bits per heavy atom. The van der Waals surface area contributed by atoms with Gasteiger partial charge in [-0.2, -0.15) is 0 Å². The van der Waals surface area contributed by atoms with E-state index in [1.165, 1.54) is 148 Å². The summed E-state index contributed by atoms with van der Waals surface area (Å²) in [5.41, 5.74) is 5.63. The van der Waals surface area contributed by atoms with Crippen molar-refractivity contribution in [2.45, 2.75) is 155 Å². The van der Waals surface area contributed by atoms with Crippen LogP contribution in [0.15, 0.2) is 0 Å². The van der Waals surface area contributed by atoms with Crippen molar-refractivity contribution in [1.29, 1.82) is 0 Å². The zero-order chi connectivity index (χ0) is 22.0. The number of unbranched alkanes of at least 4 members (excludes halogenated alkanes) is 21. The van der Waals surface area contributed by atoms with E-state index in [0.29, 0.717) is 5.92 Å². The van der Waals surface area contributed by atoms with Crippen LogP contribution < -0.4 is 11.1 Å². The molecule has 0 heterocycles. The van der Waals surface area contributed by atoms with Crippen LogP contribution in [0.3, 0.4) is 0 Å². The molecule has 0 radical (unpaired) electrons. The van der Waals surface area contributed by atoms with Crippen LogP contribution in [0.25, 0.3) is 0 Å². The lowest BCUT2D eigenvalue weighted by atomic mass is 10.0. The van der Waals surface area contributed by atoms with E-state index in [1.807, 2.05) is 0 Å². The van der Waals surface area contributed by atoms with Gasteiger partial charge in [-0.3, -0.25) is 0 Å². The van der Waals surface area contributed by atoms with E-state index in [2.05, 4.69) is 19.2 Å². The summed E-state index contributed by atoms with van der Waals surface area (Å²) >= 11 is 0. The summed E-state index contributed by atoms with van der Waals surface area (Å²) in [4.78, 5) is 0. The van der Waals surface area contributed by atoms with Crippen LogP contribution in [-0.4, -0.2) is 19.6 Å². The highest BCUT2D eigenvalue weighted by Crippen LogP contribution is 2.15. The Morgan fingerprint density at radius 1 is 0.500 bits per heavy atom. The lowest BCUT2D eigenvalue weighted by Gasteiger charge is -2.09. The second-order valence-electron chi connectivity index (χ2n) is 9.97. The van der Waals surface area contributed by atoms with Gasteiger partial charge in [0.1, 0.15) is 0 Å². The van der Waals surface area contributed by atoms with Gasteiger partial charge in [-0.25, -0.2) is 0 Å². The molecule has 0 aromatic carbocycles. The van der Waals surface area contributed by atoms with Crippen LogP contribution in [-0.2, 0) is 0 Å². The van der Waals surface area contributed by atoms with Crippen molar-refractivity contribution >= 4 is 0 Å². The molecule has 0 spiro atoms. The Balaban J connectivity index is 3.00. The monoisotopic (exact) mass is 424 g/mol. The molecule has 0 aromatic rings. The van der Waals surface area contributed by atoms with Crippen molar-refractivity contribution in [3.8, 4) is 0 Å². The average Bonchev–Trinajstić information content (AvgIpc) is 2.76. The van der Waals surface area contributed by atoms with E-state index in [1.54, 1.807) is 0 Å². The Hall–Kier alpha value is -0.0800. The average molecular weight is 425 g/mol. The molecule has 0 amide bonds. The lowest BCUT2D eigenvalue weighted by Crippen LogP contribution is -2.26. The first-order valence-corrected chi connectivity index (χ1v) is 14.2. The molecule has 0 fully saturated rings. The molecular weight excluding hydrogens is 364 g/mol. The molecule has 0 aliphatic heterocycles. The zero-order valence-corrected chi connectivity index (χ0v) is 21.3. The van der Waals surface area contributed by atoms with Crippen LogP contribution in [0.4, 0.5) is 0 Å². The largest absolute Gasteiger partial charge is 0.330 e. The minimum absolute atomic E-state index is 0.615. The van der Waals surface area contributed by atoms with Gasteiger partial charge in [0.05, 0.1) is 0 Å². The van der Waals surface area contributed by atoms with E-state index in [4.69, 9.17) is 5.73 Å². The first-order valence-electron chi connectivity index (χ1n) is 14.2. The highest BCUT2D eigenvalue weighted by atomic mass is 14.9. The number of rotatable bonds is 26. The van der Waals surface area contributed by atoms with Crippen molar-refractivity contribution in [2.75, 3.05) is 19.6 Å². The number of nitrogens with two attached hydrogens (primary N) is 1. The standard InChI is InChI=1S/C28H60N2/c1-3-4-5-6-7-8-9-10-11-12-13-14-15-16-17-18-19-20-21-22-23-24-25-30-27-28(2)26-29/h28,30H,3-27,29H2,1-2H3. The molecule has 182 valence electrons. The summed E-state index contributed by atoms with van der Waals surface area (Å²) < 4.78 is 0. The van der Waals surface area contributed by atoms with Gasteiger partial charge in [0, 0.05) is 0 Å². The molecule has 2 nitrogen and oxygen atoms in total. The SMILES string of the molecule is CCCCCCCCCCCCCCCCCCCCCCCCNCC(C)CN. The van der Waals surface area contributed by atoms with Gasteiger partial charge in [-0.15, -0.1) is 0 Å². The number of hydrogen-bond donors (Lipinski definition) is 2. The van der Waals surface area contributed by atoms with E-state index >= 15 is 0 Å². The van der Waals surface area contributed by atoms with Gasteiger partial charge < -0.3 is 11.1 Å². The molecule has 30 heavy (non-hydrogen) atoms. The molecule has 0 aliphatic rings. The van der Waals surface area contributed by atoms with Crippen molar-refractivity contribution in [3.63, 3.8) is 0 Å². The summed E-state index contributed by atoms with van der Waals surface area (Å²) in [6.45, 7) is 7.56. The molecule has 1 unspecified atom stereocenters. The predicted molar refractivity (Wildman–Crippen MR) is 138 cm³/mol. The quantitative estimate of drug-likeness (QED) is 0.136. The van der Waals surface area contributed by atoms with Gasteiger partial charge in [0.25, 0.3) is 0 Å². The van der Waals surface area contributed by atoms with E-state index < -0.39 is 0 Å². The lowest BCUT2D eigenvalue weighted by molar-refractivity contribution is 0.497. The summed E-state index contributed by atoms with van der Waals surface area (Å²) in [7, 11) is 0. The van der Waals surface area contributed by atoms with Crippen LogP contribution in [0.5, 0.6) is 0 Å². The van der Waals surface area contributed by atoms with Gasteiger partial charge >= 0.3 is 0 Å². The summed E-state index contributed by atoms with van der Waals surface area (Å²) in [5.74, 6) is 0.615. The third-order valence-electron chi connectivity index (χ3n) is 6.60. The number of hydrogen-bond acceptors (Lipinski definition) is 2. The maximum absolute atomic E-state index is 5.63. The molecular formula is C28H60N2. The molecule has 0 aromatic heterocycles. The topological polar surface area (TPSA) is 38.0 Å². The molecule has 0 saturated carbocycles. The first-order chi connectivity index (χ1) is 14.8. The molecule has 0 bridgehead atoms. The van der Waals surface area contributed by atoms with Gasteiger partial charge in [0.15, 0.2) is 0 Å². The molecule has 0 aliphatic carbocycles. The highest BCUT2D eigenvalue weighted by molar-refractivity contribution is 4.57. The molecule has 3 N–H and O–H groups in total. The summed E-state index contributed by atoms with van der Waals surface area (Å²) in [6.07, 6.45) is 32.0. The Labute approximate surface area is 191 Å². The Morgan fingerprint density at radius 2 is 0.800 bits per heavy atom. The summed E-state index contributed by atoms with van der Waals surface area (Å²) in [5, 5.41) is 3.52. The zero-order valence-electron chi connectivity index (χ0n) is 21.3. The van der Waals surface area contributed by atoms with Crippen molar-refractivity contribution in [3.05, 3.63) is 0 Å². The maximum Gasteiger partial charge on any atom is -0.00111 e. The van der Waals surface area contributed by atoms with Gasteiger partial charge in [-0.05, 0) is 32.0 Å². The van der Waals surface area contributed by atoms with Crippen LogP contribution in [0.2, 0.25) is 0 Å². The molecule has 0 rings (SSSR count). The second kappa shape index (κ2) is 27.0. The molecule has 0 saturated heterocycles. The normalized spacial score (nSPS) is 12.5. The smallest absolute Gasteiger partial charge is 0.00111 e. The predicted octanol–water partition coefficient (Wildman–Crippen LogP) is 8.77. The van der Waals surface area contributed by atoms with E-state index in [9.17, 15) is 0 Å². The molecule has 2 heteroatoms. The van der Waals surface area contributed by atoms with Crippen LogP contribution in [0, 0.1) is 5.92 Å². The summed E-state index contributed by atoms with van der Waals surface area (Å²) in [6, 6.07) is 0. The second-order valence-corrected chi connectivity index (χ2v) is 9.97.